The van der Waals surface area contributed by atoms with Crippen molar-refractivity contribution >= 4 is 22.0 Å². The molecule has 2 N–H and O–H groups in total. The number of nitrogens with one attached hydrogen (secondary N) is 1. The molecule has 0 heterocycles. The second-order valence-electron chi connectivity index (χ2n) is 6.08. The van der Waals surface area contributed by atoms with Gasteiger partial charge in [0.05, 0.1) is 18.3 Å². The SMILES string of the molecule is COC(=O)C1(CS(=O)(=O)N[C@H](Cc2ccccc2)C(=O)O)CCC1. The highest BCUT2D eigenvalue weighted by atomic mass is 32.2. The van der Waals surface area contributed by atoms with E-state index in [0.29, 0.717) is 18.4 Å². The fraction of sp³-hybridized carbons (Fsp3) is 0.500. The summed E-state index contributed by atoms with van der Waals surface area (Å²) in [4.78, 5) is 23.3. The summed E-state index contributed by atoms with van der Waals surface area (Å²) in [6, 6.07) is 7.47. The summed E-state index contributed by atoms with van der Waals surface area (Å²) in [7, 11) is -2.73. The second-order valence-corrected chi connectivity index (χ2v) is 7.84. The van der Waals surface area contributed by atoms with Crippen molar-refractivity contribution in [3.8, 4) is 0 Å². The van der Waals surface area contributed by atoms with Gasteiger partial charge in [0.25, 0.3) is 0 Å². The highest BCUT2D eigenvalue weighted by Gasteiger charge is 2.49. The van der Waals surface area contributed by atoms with Crippen molar-refractivity contribution in [2.45, 2.75) is 31.7 Å². The van der Waals surface area contributed by atoms with Crippen LogP contribution in [0.15, 0.2) is 30.3 Å². The largest absolute Gasteiger partial charge is 0.480 e. The first kappa shape index (κ1) is 18.4. The van der Waals surface area contributed by atoms with E-state index in [-0.39, 0.29) is 6.42 Å². The Bertz CT molecular complexity index is 697. The summed E-state index contributed by atoms with van der Waals surface area (Å²) in [5.41, 5.74) is -0.352. The molecule has 1 atom stereocenters. The summed E-state index contributed by atoms with van der Waals surface area (Å²) >= 11 is 0. The summed E-state index contributed by atoms with van der Waals surface area (Å²) < 4.78 is 31.7. The van der Waals surface area contributed by atoms with Crippen LogP contribution >= 0.6 is 0 Å². The van der Waals surface area contributed by atoms with Gasteiger partial charge in [0.15, 0.2) is 0 Å². The lowest BCUT2D eigenvalue weighted by Crippen LogP contribution is -2.50. The van der Waals surface area contributed by atoms with Gasteiger partial charge in [-0.15, -0.1) is 0 Å². The van der Waals surface area contributed by atoms with Crippen LogP contribution in [0.2, 0.25) is 0 Å². The first-order valence-corrected chi connectivity index (χ1v) is 9.28. The van der Waals surface area contributed by atoms with E-state index in [4.69, 9.17) is 4.74 Å². The van der Waals surface area contributed by atoms with E-state index in [1.54, 1.807) is 30.3 Å². The number of benzene rings is 1. The highest BCUT2D eigenvalue weighted by molar-refractivity contribution is 7.89. The zero-order chi connectivity index (χ0) is 17.8. The van der Waals surface area contributed by atoms with Crippen LogP contribution in [0, 0.1) is 5.41 Å². The van der Waals surface area contributed by atoms with E-state index in [1.165, 1.54) is 7.11 Å². The standard InChI is InChI=1S/C16H21NO6S/c1-23-15(20)16(8-5-9-16)11-24(21,22)17-13(14(18)19)10-12-6-3-2-4-7-12/h2-4,6-7,13,17H,5,8-11H2,1H3,(H,18,19)/t13-/m1/s1. The Labute approximate surface area is 141 Å². The van der Waals surface area contributed by atoms with E-state index >= 15 is 0 Å². The maximum atomic E-state index is 12.4. The molecule has 0 aromatic heterocycles. The third kappa shape index (κ3) is 4.33. The topological polar surface area (TPSA) is 110 Å². The van der Waals surface area contributed by atoms with Gasteiger partial charge in [0.1, 0.15) is 6.04 Å². The molecule has 1 saturated carbocycles. The normalized spacial score (nSPS) is 17.5. The lowest BCUT2D eigenvalue weighted by Gasteiger charge is -2.38. The Kier molecular flexibility index (Phi) is 5.61. The van der Waals surface area contributed by atoms with E-state index in [1.807, 2.05) is 0 Å². The number of carboxylic acids is 1. The molecule has 24 heavy (non-hydrogen) atoms. The minimum Gasteiger partial charge on any atom is -0.480 e. The molecule has 8 heteroatoms. The smallest absolute Gasteiger partial charge is 0.322 e. The average Bonchev–Trinajstić information content (AvgIpc) is 2.50. The monoisotopic (exact) mass is 355 g/mol. The Balaban J connectivity index is 2.10. The van der Waals surface area contributed by atoms with Gasteiger partial charge >= 0.3 is 11.9 Å². The number of carbonyl (C=O) groups excluding carboxylic acids is 1. The number of hydrogen-bond donors (Lipinski definition) is 2. The fourth-order valence-electron chi connectivity index (χ4n) is 2.88. The molecule has 7 nitrogen and oxygen atoms in total. The number of carbonyl (C=O) groups is 2. The summed E-state index contributed by atoms with van der Waals surface area (Å²) in [5.74, 6) is -2.28. The third-order valence-corrected chi connectivity index (χ3v) is 5.87. The van der Waals surface area contributed by atoms with Gasteiger partial charge in [-0.05, 0) is 24.8 Å². The molecule has 0 spiro atoms. The predicted molar refractivity (Wildman–Crippen MR) is 86.8 cm³/mol. The molecule has 1 aromatic rings. The van der Waals surface area contributed by atoms with Gasteiger partial charge in [-0.2, -0.15) is 0 Å². The quantitative estimate of drug-likeness (QED) is 0.672. The molecule has 0 radical (unpaired) electrons. The highest BCUT2D eigenvalue weighted by Crippen LogP contribution is 2.43. The summed E-state index contributed by atoms with van der Waals surface area (Å²) in [6.45, 7) is 0. The van der Waals surface area contributed by atoms with Gasteiger partial charge in [-0.1, -0.05) is 36.8 Å². The van der Waals surface area contributed by atoms with Crippen molar-refractivity contribution in [2.75, 3.05) is 12.9 Å². The number of sulfonamides is 1. The fourth-order valence-corrected chi connectivity index (χ4v) is 4.71. The zero-order valence-electron chi connectivity index (χ0n) is 13.4. The van der Waals surface area contributed by atoms with Gasteiger partial charge in [0, 0.05) is 0 Å². The van der Waals surface area contributed by atoms with Crippen LogP contribution in [0.3, 0.4) is 0 Å². The van der Waals surface area contributed by atoms with Crippen LogP contribution in [0.5, 0.6) is 0 Å². The molecule has 0 aliphatic heterocycles. The maximum Gasteiger partial charge on any atom is 0.322 e. The van der Waals surface area contributed by atoms with Crippen LogP contribution in [-0.4, -0.2) is 44.4 Å². The number of hydrogen-bond acceptors (Lipinski definition) is 5. The number of carboxylic acid groups (broad SMARTS) is 1. The van der Waals surface area contributed by atoms with Crippen LogP contribution in [0.1, 0.15) is 24.8 Å². The Hall–Kier alpha value is -1.93. The lowest BCUT2D eigenvalue weighted by atomic mass is 9.70. The molecule has 1 aliphatic rings. The van der Waals surface area contributed by atoms with Crippen LogP contribution < -0.4 is 4.72 Å². The first-order valence-electron chi connectivity index (χ1n) is 7.63. The molecule has 1 fully saturated rings. The predicted octanol–water partition coefficient (Wildman–Crippen LogP) is 0.945. The van der Waals surface area contributed by atoms with Crippen molar-refractivity contribution < 1.29 is 27.9 Å². The molecule has 0 saturated heterocycles. The molecule has 132 valence electrons. The summed E-state index contributed by atoms with van der Waals surface area (Å²) in [5, 5.41) is 9.30. The van der Waals surface area contributed by atoms with Crippen molar-refractivity contribution in [3.05, 3.63) is 35.9 Å². The number of rotatable bonds is 8. The van der Waals surface area contributed by atoms with E-state index in [0.717, 1.165) is 6.42 Å². The Morgan fingerprint density at radius 2 is 1.92 bits per heavy atom. The minimum absolute atomic E-state index is 0.0284. The first-order chi connectivity index (χ1) is 11.3. The lowest BCUT2D eigenvalue weighted by molar-refractivity contribution is -0.156. The molecule has 1 aliphatic carbocycles. The Morgan fingerprint density at radius 3 is 2.38 bits per heavy atom. The van der Waals surface area contributed by atoms with E-state index in [9.17, 15) is 23.1 Å². The van der Waals surface area contributed by atoms with Crippen molar-refractivity contribution in [1.82, 2.24) is 4.72 Å². The number of esters is 1. The molecular formula is C16H21NO6S. The minimum atomic E-state index is -3.95. The molecule has 0 unspecified atom stereocenters. The molecular weight excluding hydrogens is 334 g/mol. The Morgan fingerprint density at radius 1 is 1.29 bits per heavy atom. The molecule has 1 aromatic carbocycles. The maximum absolute atomic E-state index is 12.4. The van der Waals surface area contributed by atoms with Crippen molar-refractivity contribution in [3.63, 3.8) is 0 Å². The van der Waals surface area contributed by atoms with Crippen LogP contribution in [0.4, 0.5) is 0 Å². The molecule has 0 amide bonds. The van der Waals surface area contributed by atoms with Gasteiger partial charge in [-0.25, -0.2) is 13.1 Å². The van der Waals surface area contributed by atoms with E-state index < -0.39 is 39.2 Å². The van der Waals surface area contributed by atoms with Crippen LogP contribution in [0.25, 0.3) is 0 Å². The molecule has 2 rings (SSSR count). The second kappa shape index (κ2) is 7.31. The van der Waals surface area contributed by atoms with E-state index in [2.05, 4.69) is 4.72 Å². The third-order valence-electron chi connectivity index (χ3n) is 4.30. The van der Waals surface area contributed by atoms with Gasteiger partial charge in [-0.3, -0.25) is 9.59 Å². The summed E-state index contributed by atoms with van der Waals surface area (Å²) in [6.07, 6.45) is 1.63. The van der Waals surface area contributed by atoms with Crippen molar-refractivity contribution in [2.24, 2.45) is 5.41 Å². The zero-order valence-corrected chi connectivity index (χ0v) is 14.2. The number of ether oxygens (including phenoxy) is 1. The average molecular weight is 355 g/mol. The number of methoxy groups -OCH3 is 1. The molecule has 0 bridgehead atoms. The van der Waals surface area contributed by atoms with Gasteiger partial charge < -0.3 is 9.84 Å². The number of aliphatic carboxylic acids is 1. The van der Waals surface area contributed by atoms with Gasteiger partial charge in [0.2, 0.25) is 10.0 Å². The van der Waals surface area contributed by atoms with Crippen molar-refractivity contribution in [1.29, 1.82) is 0 Å². The van der Waals surface area contributed by atoms with Crippen LogP contribution in [-0.2, 0) is 30.8 Å².